The topological polar surface area (TPSA) is 27.0 Å². The molecule has 1 heterocycles. The van der Waals surface area contributed by atoms with E-state index < -0.39 is 5.82 Å². The van der Waals surface area contributed by atoms with E-state index >= 15 is 0 Å². The fourth-order valence-electron chi connectivity index (χ4n) is 2.65. The van der Waals surface area contributed by atoms with E-state index in [-0.39, 0.29) is 5.56 Å². The Hall–Kier alpha value is -1.40. The van der Waals surface area contributed by atoms with Gasteiger partial charge in [-0.15, -0.1) is 0 Å². The van der Waals surface area contributed by atoms with Crippen molar-refractivity contribution < 1.29 is 4.39 Å². The molecule has 1 saturated heterocycles. The average Bonchev–Trinajstić information content (AvgIpc) is 2.53. The van der Waals surface area contributed by atoms with Crippen molar-refractivity contribution in [1.29, 1.82) is 5.26 Å². The van der Waals surface area contributed by atoms with E-state index in [0.29, 0.717) is 5.41 Å². The summed E-state index contributed by atoms with van der Waals surface area (Å²) in [7, 11) is 0. The lowest BCUT2D eigenvalue weighted by molar-refractivity contribution is 0.256. The average molecular weight is 260 g/mol. The van der Waals surface area contributed by atoms with Crippen molar-refractivity contribution in [3.63, 3.8) is 0 Å². The summed E-state index contributed by atoms with van der Waals surface area (Å²) in [5.74, 6) is -0.428. The smallest absolute Gasteiger partial charge is 0.140 e. The van der Waals surface area contributed by atoms with E-state index in [9.17, 15) is 4.39 Å². The van der Waals surface area contributed by atoms with Crippen molar-refractivity contribution in [1.82, 2.24) is 4.90 Å². The van der Waals surface area contributed by atoms with E-state index in [2.05, 4.69) is 18.7 Å². The van der Waals surface area contributed by atoms with Crippen LogP contribution in [0, 0.1) is 22.6 Å². The summed E-state index contributed by atoms with van der Waals surface area (Å²) in [6.45, 7) is 7.62. The van der Waals surface area contributed by atoms with Crippen LogP contribution in [0.5, 0.6) is 0 Å². The van der Waals surface area contributed by atoms with E-state index in [4.69, 9.17) is 5.26 Å². The highest BCUT2D eigenvalue weighted by Gasteiger charge is 2.23. The number of likely N-dealkylation sites (tertiary alicyclic amines) is 1. The first-order chi connectivity index (χ1) is 9.00. The van der Waals surface area contributed by atoms with Gasteiger partial charge in [-0.2, -0.15) is 5.26 Å². The Morgan fingerprint density at radius 2 is 2.11 bits per heavy atom. The molecule has 1 aliphatic heterocycles. The molecule has 0 amide bonds. The highest BCUT2D eigenvalue weighted by Crippen LogP contribution is 2.30. The molecule has 0 aliphatic carbocycles. The molecule has 102 valence electrons. The Labute approximate surface area is 114 Å². The zero-order chi connectivity index (χ0) is 13.9. The number of hydrogen-bond donors (Lipinski definition) is 0. The van der Waals surface area contributed by atoms with Crippen molar-refractivity contribution in [2.45, 2.75) is 39.7 Å². The summed E-state index contributed by atoms with van der Waals surface area (Å²) in [6, 6.07) is 6.76. The normalized spacial score (nSPS) is 19.7. The molecule has 1 aromatic rings. The first-order valence-electron chi connectivity index (χ1n) is 6.91. The second-order valence-corrected chi connectivity index (χ2v) is 6.22. The predicted octanol–water partition coefficient (Wildman–Crippen LogP) is 3.71. The molecule has 1 fully saturated rings. The summed E-state index contributed by atoms with van der Waals surface area (Å²) >= 11 is 0. The minimum atomic E-state index is -0.428. The Morgan fingerprint density at radius 1 is 1.32 bits per heavy atom. The van der Waals surface area contributed by atoms with Crippen LogP contribution in [0.25, 0.3) is 0 Å². The Morgan fingerprint density at radius 3 is 2.84 bits per heavy atom. The van der Waals surface area contributed by atoms with Gasteiger partial charge in [0.1, 0.15) is 11.9 Å². The molecule has 2 nitrogen and oxygen atoms in total. The Kier molecular flexibility index (Phi) is 4.21. The molecule has 0 atom stereocenters. The molecule has 0 saturated carbocycles. The highest BCUT2D eigenvalue weighted by molar-refractivity contribution is 5.34. The molecule has 0 spiro atoms. The van der Waals surface area contributed by atoms with Crippen LogP contribution in [0.3, 0.4) is 0 Å². The zero-order valence-electron chi connectivity index (χ0n) is 11.7. The monoisotopic (exact) mass is 260 g/mol. The van der Waals surface area contributed by atoms with Gasteiger partial charge in [-0.1, -0.05) is 19.9 Å². The number of halogens is 1. The lowest BCUT2D eigenvalue weighted by atomic mass is 9.85. The molecule has 0 unspecified atom stereocenters. The van der Waals surface area contributed by atoms with Crippen LogP contribution in [0.1, 0.15) is 44.2 Å². The maximum atomic E-state index is 13.3. The predicted molar refractivity (Wildman–Crippen MR) is 74.0 cm³/mol. The van der Waals surface area contributed by atoms with Gasteiger partial charge in [0.25, 0.3) is 0 Å². The molecule has 0 radical (unpaired) electrons. The molecular formula is C16H21FN2. The van der Waals surface area contributed by atoms with E-state index in [0.717, 1.165) is 25.2 Å². The molecule has 0 aromatic heterocycles. The molecule has 19 heavy (non-hydrogen) atoms. The lowest BCUT2D eigenvalue weighted by Crippen LogP contribution is -2.25. The van der Waals surface area contributed by atoms with Crippen LogP contribution < -0.4 is 0 Å². The number of nitriles is 1. The van der Waals surface area contributed by atoms with Crippen LogP contribution >= 0.6 is 0 Å². The summed E-state index contributed by atoms with van der Waals surface area (Å²) in [5.41, 5.74) is 1.60. The lowest BCUT2D eigenvalue weighted by Gasteiger charge is -2.23. The Bertz CT molecular complexity index is 488. The van der Waals surface area contributed by atoms with Gasteiger partial charge in [-0.25, -0.2) is 4.39 Å². The minimum absolute atomic E-state index is 0.146. The van der Waals surface area contributed by atoms with Crippen LogP contribution in [0.2, 0.25) is 0 Å². The van der Waals surface area contributed by atoms with Gasteiger partial charge in [-0.05, 0) is 55.5 Å². The molecule has 3 heteroatoms. The molecule has 2 rings (SSSR count). The molecular weight excluding hydrogens is 239 g/mol. The van der Waals surface area contributed by atoms with Crippen LogP contribution in [-0.2, 0) is 6.54 Å². The van der Waals surface area contributed by atoms with Crippen molar-refractivity contribution >= 4 is 0 Å². The van der Waals surface area contributed by atoms with Crippen molar-refractivity contribution in [2.75, 3.05) is 13.1 Å². The highest BCUT2D eigenvalue weighted by atomic mass is 19.1. The first kappa shape index (κ1) is 14.0. The number of nitrogens with zero attached hydrogens (tertiary/aromatic N) is 2. The van der Waals surface area contributed by atoms with Gasteiger partial charge in [0.2, 0.25) is 0 Å². The largest absolute Gasteiger partial charge is 0.299 e. The number of benzene rings is 1. The van der Waals surface area contributed by atoms with Crippen LogP contribution in [0.15, 0.2) is 18.2 Å². The second kappa shape index (κ2) is 5.71. The summed E-state index contributed by atoms with van der Waals surface area (Å²) in [5, 5.41) is 8.86. The maximum Gasteiger partial charge on any atom is 0.140 e. The third-order valence-corrected chi connectivity index (χ3v) is 3.99. The first-order valence-corrected chi connectivity index (χ1v) is 6.91. The van der Waals surface area contributed by atoms with Gasteiger partial charge in [-0.3, -0.25) is 4.90 Å². The van der Waals surface area contributed by atoms with Crippen LogP contribution in [0.4, 0.5) is 4.39 Å². The third kappa shape index (κ3) is 3.78. The maximum absolute atomic E-state index is 13.3. The SMILES string of the molecule is CC1(C)CCCN(Cc2ccc(F)c(C#N)c2)CC1. The van der Waals surface area contributed by atoms with Gasteiger partial charge in [0.05, 0.1) is 5.56 Å². The number of rotatable bonds is 2. The standard InChI is InChI=1S/C16H21FN2/c1-16(2)6-3-8-19(9-7-16)12-13-4-5-15(17)14(10-13)11-18/h4-5,10H,3,6-9,12H2,1-2H3. The summed E-state index contributed by atoms with van der Waals surface area (Å²) in [6.07, 6.45) is 3.66. The van der Waals surface area contributed by atoms with Crippen molar-refractivity contribution in [2.24, 2.45) is 5.41 Å². The zero-order valence-corrected chi connectivity index (χ0v) is 11.7. The molecule has 0 N–H and O–H groups in total. The summed E-state index contributed by atoms with van der Waals surface area (Å²) < 4.78 is 13.3. The minimum Gasteiger partial charge on any atom is -0.299 e. The molecule has 1 aromatic carbocycles. The van der Waals surface area contributed by atoms with E-state index in [1.807, 2.05) is 6.07 Å². The number of hydrogen-bond acceptors (Lipinski definition) is 2. The second-order valence-electron chi connectivity index (χ2n) is 6.22. The quantitative estimate of drug-likeness (QED) is 0.810. The molecule has 0 bridgehead atoms. The Balaban J connectivity index is 2.03. The fraction of sp³-hybridized carbons (Fsp3) is 0.562. The summed E-state index contributed by atoms with van der Waals surface area (Å²) in [4.78, 5) is 2.41. The third-order valence-electron chi connectivity index (χ3n) is 3.99. The van der Waals surface area contributed by atoms with E-state index in [1.165, 1.54) is 25.3 Å². The van der Waals surface area contributed by atoms with Crippen molar-refractivity contribution in [3.8, 4) is 6.07 Å². The van der Waals surface area contributed by atoms with Gasteiger partial charge in [0.15, 0.2) is 0 Å². The van der Waals surface area contributed by atoms with Gasteiger partial charge < -0.3 is 0 Å². The van der Waals surface area contributed by atoms with E-state index in [1.54, 1.807) is 12.1 Å². The van der Waals surface area contributed by atoms with Gasteiger partial charge in [0, 0.05) is 6.54 Å². The van der Waals surface area contributed by atoms with Gasteiger partial charge >= 0.3 is 0 Å². The van der Waals surface area contributed by atoms with Crippen LogP contribution in [-0.4, -0.2) is 18.0 Å². The molecule has 1 aliphatic rings. The fourth-order valence-corrected chi connectivity index (χ4v) is 2.65. The van der Waals surface area contributed by atoms with Crippen molar-refractivity contribution in [3.05, 3.63) is 35.1 Å².